The van der Waals surface area contributed by atoms with Crippen molar-refractivity contribution in [3.63, 3.8) is 0 Å². The molecule has 0 spiro atoms. The highest BCUT2D eigenvalue weighted by atomic mass is 16.2. The minimum atomic E-state index is -0.551. The monoisotopic (exact) mass is 246 g/mol. The number of nitrogens with zero attached hydrogens (tertiary/aromatic N) is 2. The molecule has 0 unspecified atom stereocenters. The summed E-state index contributed by atoms with van der Waals surface area (Å²) in [6, 6.07) is 6.76. The van der Waals surface area contributed by atoms with Crippen molar-refractivity contribution in [3.05, 3.63) is 29.8 Å². The Hall–Kier alpha value is -2.17. The summed E-state index contributed by atoms with van der Waals surface area (Å²) in [6.45, 7) is 2.41. The number of likely N-dealkylation sites (N-methyl/N-ethyl adjacent to an activating group) is 1. The van der Waals surface area contributed by atoms with Gasteiger partial charge in [-0.2, -0.15) is 0 Å². The van der Waals surface area contributed by atoms with Crippen molar-refractivity contribution in [1.29, 1.82) is 0 Å². The third kappa shape index (κ3) is 2.11. The number of hydrogen-bond acceptors (Lipinski definition) is 3. The van der Waals surface area contributed by atoms with Gasteiger partial charge in [0.2, 0.25) is 0 Å². The second kappa shape index (κ2) is 4.60. The molecule has 0 saturated carbocycles. The van der Waals surface area contributed by atoms with Crippen LogP contribution < -0.4 is 4.90 Å². The van der Waals surface area contributed by atoms with E-state index < -0.39 is 11.8 Å². The van der Waals surface area contributed by atoms with Gasteiger partial charge in [-0.1, -0.05) is 12.1 Å². The largest absolute Gasteiger partial charge is 0.336 e. The van der Waals surface area contributed by atoms with E-state index in [0.717, 1.165) is 0 Å². The molecule has 5 heteroatoms. The van der Waals surface area contributed by atoms with Gasteiger partial charge in [-0.3, -0.25) is 14.4 Å². The molecule has 0 bridgehead atoms. The Morgan fingerprint density at radius 1 is 1.17 bits per heavy atom. The number of amides is 2. The first kappa shape index (κ1) is 12.3. The third-order valence-corrected chi connectivity index (χ3v) is 3.00. The van der Waals surface area contributed by atoms with Gasteiger partial charge >= 0.3 is 11.8 Å². The van der Waals surface area contributed by atoms with Gasteiger partial charge < -0.3 is 9.80 Å². The van der Waals surface area contributed by atoms with Crippen LogP contribution in [0.3, 0.4) is 0 Å². The highest BCUT2D eigenvalue weighted by Crippen LogP contribution is 2.19. The molecule has 1 aromatic rings. The number of hydrogen-bond donors (Lipinski definition) is 0. The average Bonchev–Trinajstić information content (AvgIpc) is 2.36. The molecular formula is C13H14N2O3. The zero-order valence-electron chi connectivity index (χ0n) is 10.3. The number of Topliss-reactive ketones (excluding diaryl/α,β-unsaturated/α-hetero) is 1. The van der Waals surface area contributed by atoms with Crippen LogP contribution in [0.2, 0.25) is 0 Å². The smallest absolute Gasteiger partial charge is 0.316 e. The summed E-state index contributed by atoms with van der Waals surface area (Å²) in [5.41, 5.74) is 1.13. The van der Waals surface area contributed by atoms with E-state index in [-0.39, 0.29) is 5.78 Å². The fraction of sp³-hybridized carbons (Fsp3) is 0.308. The fourth-order valence-corrected chi connectivity index (χ4v) is 1.87. The summed E-state index contributed by atoms with van der Waals surface area (Å²) in [7, 11) is 1.60. The molecule has 5 nitrogen and oxygen atoms in total. The van der Waals surface area contributed by atoms with Gasteiger partial charge in [0.1, 0.15) is 0 Å². The molecule has 2 rings (SSSR count). The Kier molecular flexibility index (Phi) is 3.14. The minimum absolute atomic E-state index is 0.0650. The van der Waals surface area contributed by atoms with Gasteiger partial charge in [-0.25, -0.2) is 0 Å². The van der Waals surface area contributed by atoms with Crippen molar-refractivity contribution in [2.45, 2.75) is 6.92 Å². The molecule has 1 aromatic carbocycles. The van der Waals surface area contributed by atoms with Gasteiger partial charge in [0.25, 0.3) is 0 Å². The number of rotatable bonds is 2. The molecule has 1 aliphatic heterocycles. The summed E-state index contributed by atoms with van der Waals surface area (Å²) < 4.78 is 0. The molecular weight excluding hydrogens is 232 g/mol. The maximum Gasteiger partial charge on any atom is 0.316 e. The molecule has 18 heavy (non-hydrogen) atoms. The molecule has 0 aliphatic carbocycles. The predicted molar refractivity (Wildman–Crippen MR) is 66.4 cm³/mol. The van der Waals surface area contributed by atoms with Crippen LogP contribution in [-0.2, 0) is 9.59 Å². The number of anilines is 1. The van der Waals surface area contributed by atoms with Crippen LogP contribution >= 0.6 is 0 Å². The van der Waals surface area contributed by atoms with Gasteiger partial charge in [-0.05, 0) is 19.1 Å². The van der Waals surface area contributed by atoms with Crippen molar-refractivity contribution in [3.8, 4) is 0 Å². The maximum absolute atomic E-state index is 11.9. The first-order valence-electron chi connectivity index (χ1n) is 5.68. The highest BCUT2D eigenvalue weighted by Gasteiger charge is 2.31. The first-order chi connectivity index (χ1) is 8.50. The van der Waals surface area contributed by atoms with E-state index in [1.54, 1.807) is 31.3 Å². The van der Waals surface area contributed by atoms with Gasteiger partial charge in [0.05, 0.1) is 0 Å². The lowest BCUT2D eigenvalue weighted by molar-refractivity contribution is -0.145. The molecule has 1 heterocycles. The molecule has 0 N–H and O–H groups in total. The predicted octanol–water partition coefficient (Wildman–Crippen LogP) is 0.694. The van der Waals surface area contributed by atoms with E-state index >= 15 is 0 Å². The number of ketones is 1. The Bertz CT molecular complexity index is 525. The van der Waals surface area contributed by atoms with Crippen LogP contribution in [0.1, 0.15) is 17.3 Å². The van der Waals surface area contributed by atoms with Gasteiger partial charge in [0.15, 0.2) is 5.78 Å². The summed E-state index contributed by atoms with van der Waals surface area (Å²) in [6.07, 6.45) is 0. The van der Waals surface area contributed by atoms with Crippen LogP contribution in [0, 0.1) is 0 Å². The van der Waals surface area contributed by atoms with E-state index in [1.807, 2.05) is 0 Å². The zero-order valence-corrected chi connectivity index (χ0v) is 10.3. The Morgan fingerprint density at radius 3 is 2.56 bits per heavy atom. The average molecular weight is 246 g/mol. The van der Waals surface area contributed by atoms with E-state index in [4.69, 9.17) is 0 Å². The van der Waals surface area contributed by atoms with Crippen molar-refractivity contribution in [2.75, 3.05) is 25.0 Å². The third-order valence-electron chi connectivity index (χ3n) is 3.00. The Balaban J connectivity index is 2.32. The molecule has 1 fully saturated rings. The molecule has 1 saturated heterocycles. The van der Waals surface area contributed by atoms with Crippen molar-refractivity contribution < 1.29 is 14.4 Å². The maximum atomic E-state index is 11.9. The lowest BCUT2D eigenvalue weighted by atomic mass is 10.1. The van der Waals surface area contributed by atoms with Crippen molar-refractivity contribution in [1.82, 2.24) is 4.90 Å². The second-order valence-corrected chi connectivity index (χ2v) is 4.29. The van der Waals surface area contributed by atoms with E-state index in [1.165, 1.54) is 16.7 Å². The van der Waals surface area contributed by atoms with Crippen LogP contribution in [0.5, 0.6) is 0 Å². The van der Waals surface area contributed by atoms with Crippen LogP contribution in [0.4, 0.5) is 5.69 Å². The lowest BCUT2D eigenvalue weighted by Crippen LogP contribution is -2.53. The molecule has 2 amide bonds. The minimum Gasteiger partial charge on any atom is -0.336 e. The van der Waals surface area contributed by atoms with Crippen LogP contribution in [0.15, 0.2) is 24.3 Å². The topological polar surface area (TPSA) is 57.7 Å². The molecule has 0 aromatic heterocycles. The normalized spacial score (nSPS) is 16.1. The van der Waals surface area contributed by atoms with Crippen molar-refractivity contribution in [2.24, 2.45) is 0 Å². The molecule has 94 valence electrons. The van der Waals surface area contributed by atoms with E-state index in [2.05, 4.69) is 0 Å². The van der Waals surface area contributed by atoms with Crippen molar-refractivity contribution >= 4 is 23.3 Å². The Labute approximate surface area is 105 Å². The SMILES string of the molecule is CC(=O)c1cccc(N2CCN(C)C(=O)C2=O)c1. The van der Waals surface area contributed by atoms with Gasteiger partial charge in [0, 0.05) is 31.4 Å². The van der Waals surface area contributed by atoms with Crippen LogP contribution in [-0.4, -0.2) is 42.6 Å². The summed E-state index contributed by atoms with van der Waals surface area (Å²) in [4.78, 5) is 37.6. The van der Waals surface area contributed by atoms with E-state index in [9.17, 15) is 14.4 Å². The summed E-state index contributed by atoms with van der Waals surface area (Å²) >= 11 is 0. The number of carbonyl (C=O) groups excluding carboxylic acids is 3. The molecule has 0 radical (unpaired) electrons. The van der Waals surface area contributed by atoms with E-state index in [0.29, 0.717) is 24.3 Å². The lowest BCUT2D eigenvalue weighted by Gasteiger charge is -2.31. The summed E-state index contributed by atoms with van der Waals surface area (Å²) in [5, 5.41) is 0. The molecule has 0 atom stereocenters. The van der Waals surface area contributed by atoms with Crippen LogP contribution in [0.25, 0.3) is 0 Å². The standard InChI is InChI=1S/C13H14N2O3/c1-9(16)10-4-3-5-11(8-10)15-7-6-14(2)12(17)13(15)18/h3-5,8H,6-7H2,1-2H3. The second-order valence-electron chi connectivity index (χ2n) is 4.29. The molecule has 1 aliphatic rings. The number of benzene rings is 1. The Morgan fingerprint density at radius 2 is 1.89 bits per heavy atom. The zero-order chi connectivity index (χ0) is 13.3. The highest BCUT2D eigenvalue weighted by molar-refractivity contribution is 6.40. The quantitative estimate of drug-likeness (QED) is 0.570. The fourth-order valence-electron chi connectivity index (χ4n) is 1.87. The number of carbonyl (C=O) groups is 3. The van der Waals surface area contributed by atoms with Gasteiger partial charge in [-0.15, -0.1) is 0 Å². The summed E-state index contributed by atoms with van der Waals surface area (Å²) in [5.74, 6) is -1.14. The first-order valence-corrected chi connectivity index (χ1v) is 5.68. The number of piperazine rings is 1.